The monoisotopic (exact) mass is 399 g/mol. The van der Waals surface area contributed by atoms with Crippen molar-refractivity contribution >= 4 is 0 Å². The van der Waals surface area contributed by atoms with Crippen LogP contribution in [0.2, 0.25) is 0 Å². The van der Waals surface area contributed by atoms with Crippen molar-refractivity contribution in [2.45, 2.75) is 44.1 Å². The number of rotatable bonds is 6. The first kappa shape index (κ1) is 19.3. The number of hydrogen-bond acceptors (Lipinski definition) is 4. The fourth-order valence-corrected chi connectivity index (χ4v) is 5.30. The van der Waals surface area contributed by atoms with Gasteiger partial charge in [-0.2, -0.15) is 0 Å². The van der Waals surface area contributed by atoms with E-state index < -0.39 is 5.41 Å². The molecule has 30 heavy (non-hydrogen) atoms. The Bertz CT molecular complexity index is 948. The van der Waals surface area contributed by atoms with E-state index in [-0.39, 0.29) is 0 Å². The quantitative estimate of drug-likeness (QED) is 0.538. The van der Waals surface area contributed by atoms with Crippen molar-refractivity contribution < 1.29 is 4.42 Å². The molecule has 2 aliphatic heterocycles. The third-order valence-electron chi connectivity index (χ3n) is 6.85. The van der Waals surface area contributed by atoms with Crippen LogP contribution in [0.4, 0.5) is 0 Å². The first-order chi connectivity index (χ1) is 14.8. The van der Waals surface area contributed by atoms with Crippen molar-refractivity contribution in [3.05, 3.63) is 95.7 Å². The molecule has 2 aromatic carbocycles. The molecular formula is C26H29N3O. The van der Waals surface area contributed by atoms with E-state index in [1.165, 1.54) is 32.2 Å². The molecule has 2 saturated heterocycles. The summed E-state index contributed by atoms with van der Waals surface area (Å²) < 4.78 is 6.06. The smallest absolute Gasteiger partial charge is 0.235 e. The third-order valence-corrected chi connectivity index (χ3v) is 6.85. The number of allylic oxidation sites excluding steroid dienone is 1. The van der Waals surface area contributed by atoms with Crippen LogP contribution in [0.15, 0.2) is 77.2 Å². The second-order valence-electron chi connectivity index (χ2n) is 8.70. The standard InChI is InChI=1S/C26H29N3O/c1-20-27-28-25(30-20)26(22-9-4-2-5-10-22,23-11-6-3-7-12-23)17-8-18-29-19-21-13-15-24(29)16-14-21/h2-12,17,21,24H,13-16,18-19H2,1H3/b17-8+. The van der Waals surface area contributed by atoms with Crippen LogP contribution in [-0.2, 0) is 5.41 Å². The van der Waals surface area contributed by atoms with Gasteiger partial charge in [0.25, 0.3) is 0 Å². The van der Waals surface area contributed by atoms with Gasteiger partial charge in [0.05, 0.1) is 0 Å². The second kappa shape index (κ2) is 8.19. The molecule has 0 atom stereocenters. The average Bonchev–Trinajstić information content (AvgIpc) is 3.25. The molecule has 6 rings (SSSR count). The Morgan fingerprint density at radius 3 is 2.07 bits per heavy atom. The van der Waals surface area contributed by atoms with Crippen LogP contribution in [0.25, 0.3) is 0 Å². The third kappa shape index (κ3) is 3.50. The minimum absolute atomic E-state index is 0.586. The van der Waals surface area contributed by atoms with Crippen molar-refractivity contribution in [2.75, 3.05) is 13.1 Å². The number of aryl methyl sites for hydroxylation is 1. The molecule has 0 amide bonds. The lowest BCUT2D eigenvalue weighted by molar-refractivity contribution is 0.0593. The highest BCUT2D eigenvalue weighted by Crippen LogP contribution is 2.40. The minimum Gasteiger partial charge on any atom is -0.424 e. The zero-order valence-corrected chi connectivity index (χ0v) is 17.6. The van der Waals surface area contributed by atoms with Crippen LogP contribution in [0.5, 0.6) is 0 Å². The van der Waals surface area contributed by atoms with Gasteiger partial charge in [-0.25, -0.2) is 0 Å². The maximum absolute atomic E-state index is 6.06. The van der Waals surface area contributed by atoms with Gasteiger partial charge in [0.1, 0.15) is 5.41 Å². The van der Waals surface area contributed by atoms with Crippen LogP contribution < -0.4 is 0 Å². The topological polar surface area (TPSA) is 42.2 Å². The molecule has 0 unspecified atom stereocenters. The van der Waals surface area contributed by atoms with Gasteiger partial charge in [0.15, 0.2) is 0 Å². The summed E-state index contributed by atoms with van der Waals surface area (Å²) in [6.07, 6.45) is 10.1. The van der Waals surface area contributed by atoms with E-state index in [1.807, 2.05) is 19.1 Å². The highest BCUT2D eigenvalue weighted by atomic mass is 16.4. The van der Waals surface area contributed by atoms with Crippen LogP contribution >= 0.6 is 0 Å². The predicted molar refractivity (Wildman–Crippen MR) is 118 cm³/mol. The molecule has 3 aromatic rings. The highest BCUT2D eigenvalue weighted by Gasteiger charge is 2.39. The maximum Gasteiger partial charge on any atom is 0.235 e. The number of aromatic nitrogens is 2. The first-order valence-electron chi connectivity index (χ1n) is 11.1. The number of nitrogens with zero attached hydrogens (tertiary/aromatic N) is 3. The molecule has 3 aliphatic rings. The molecule has 0 spiro atoms. The molecule has 1 saturated carbocycles. The molecule has 3 fully saturated rings. The molecule has 1 aliphatic carbocycles. The normalized spacial score (nSPS) is 22.0. The summed E-state index contributed by atoms with van der Waals surface area (Å²) in [4.78, 5) is 2.66. The Balaban J connectivity index is 1.57. The van der Waals surface area contributed by atoms with Gasteiger partial charge in [0.2, 0.25) is 11.8 Å². The Hall–Kier alpha value is -2.72. The van der Waals surface area contributed by atoms with E-state index in [0.717, 1.165) is 29.6 Å². The molecule has 154 valence electrons. The predicted octanol–water partition coefficient (Wildman–Crippen LogP) is 5.14. The summed E-state index contributed by atoms with van der Waals surface area (Å²) >= 11 is 0. The second-order valence-corrected chi connectivity index (χ2v) is 8.70. The van der Waals surface area contributed by atoms with Gasteiger partial charge in [0, 0.05) is 26.1 Å². The molecular weight excluding hydrogens is 370 g/mol. The summed E-state index contributed by atoms with van der Waals surface area (Å²) in [5.41, 5.74) is 1.67. The van der Waals surface area contributed by atoms with E-state index in [4.69, 9.17) is 4.42 Å². The van der Waals surface area contributed by atoms with Crippen molar-refractivity contribution in [3.63, 3.8) is 0 Å². The van der Waals surface area contributed by atoms with E-state index in [2.05, 4.69) is 75.8 Å². The van der Waals surface area contributed by atoms with E-state index in [0.29, 0.717) is 11.8 Å². The minimum atomic E-state index is -0.599. The van der Waals surface area contributed by atoms with Crippen LogP contribution in [0.1, 0.15) is 48.6 Å². The number of fused-ring (bicyclic) bond motifs is 3. The highest BCUT2D eigenvalue weighted by molar-refractivity contribution is 5.50. The fourth-order valence-electron chi connectivity index (χ4n) is 5.30. The summed E-state index contributed by atoms with van der Waals surface area (Å²) in [7, 11) is 0. The van der Waals surface area contributed by atoms with Crippen LogP contribution in [-0.4, -0.2) is 34.2 Å². The zero-order chi connectivity index (χ0) is 20.4. The number of hydrogen-bond donors (Lipinski definition) is 0. The van der Waals surface area contributed by atoms with Crippen LogP contribution in [0, 0.1) is 12.8 Å². The van der Waals surface area contributed by atoms with Crippen molar-refractivity contribution in [1.29, 1.82) is 0 Å². The molecule has 1 aromatic heterocycles. The molecule has 0 N–H and O–H groups in total. The summed E-state index contributed by atoms with van der Waals surface area (Å²) in [5.74, 6) is 2.09. The van der Waals surface area contributed by atoms with E-state index >= 15 is 0 Å². The van der Waals surface area contributed by atoms with Gasteiger partial charge < -0.3 is 4.42 Å². The first-order valence-corrected chi connectivity index (χ1v) is 11.1. The fraction of sp³-hybridized carbons (Fsp3) is 0.385. The van der Waals surface area contributed by atoms with Gasteiger partial charge in [-0.1, -0.05) is 72.8 Å². The van der Waals surface area contributed by atoms with Gasteiger partial charge in [-0.3, -0.25) is 4.90 Å². The lowest BCUT2D eigenvalue weighted by Gasteiger charge is -2.45. The Morgan fingerprint density at radius 1 is 0.933 bits per heavy atom. The Labute approximate surface area is 178 Å². The lowest BCUT2D eigenvalue weighted by atomic mass is 9.73. The van der Waals surface area contributed by atoms with Gasteiger partial charge >= 0.3 is 0 Å². The molecule has 4 heteroatoms. The summed E-state index contributed by atoms with van der Waals surface area (Å²) in [6, 6.07) is 21.8. The van der Waals surface area contributed by atoms with Gasteiger partial charge in [-0.05, 0) is 42.7 Å². The molecule has 4 nitrogen and oxygen atoms in total. The Morgan fingerprint density at radius 2 is 1.57 bits per heavy atom. The maximum atomic E-state index is 6.06. The van der Waals surface area contributed by atoms with E-state index in [9.17, 15) is 0 Å². The summed E-state index contributed by atoms with van der Waals surface area (Å²) in [6.45, 7) is 4.06. The summed E-state index contributed by atoms with van der Waals surface area (Å²) in [5, 5.41) is 8.66. The SMILES string of the molecule is Cc1nnc(C(/C=C/CN2CC3CCC2CC3)(c2ccccc2)c2ccccc2)o1. The number of piperidine rings is 2. The van der Waals surface area contributed by atoms with Crippen molar-refractivity contribution in [3.8, 4) is 0 Å². The number of benzene rings is 2. The van der Waals surface area contributed by atoms with E-state index in [1.54, 1.807) is 0 Å². The zero-order valence-electron chi connectivity index (χ0n) is 17.6. The largest absolute Gasteiger partial charge is 0.424 e. The average molecular weight is 400 g/mol. The molecule has 3 heterocycles. The Kier molecular flexibility index (Phi) is 5.26. The van der Waals surface area contributed by atoms with Crippen LogP contribution in [0.3, 0.4) is 0 Å². The van der Waals surface area contributed by atoms with Gasteiger partial charge in [-0.15, -0.1) is 10.2 Å². The van der Waals surface area contributed by atoms with Crippen molar-refractivity contribution in [1.82, 2.24) is 15.1 Å². The lowest BCUT2D eigenvalue weighted by Crippen LogP contribution is -2.47. The van der Waals surface area contributed by atoms with Crippen molar-refractivity contribution in [2.24, 2.45) is 5.92 Å². The molecule has 2 bridgehead atoms. The molecule has 0 radical (unpaired) electrons.